The number of fused-ring (bicyclic) bond motifs is 1. The van der Waals surface area contributed by atoms with Crippen LogP contribution in [0.3, 0.4) is 0 Å². The zero-order valence-electron chi connectivity index (χ0n) is 10.6. The van der Waals surface area contributed by atoms with Crippen molar-refractivity contribution >= 4 is 28.9 Å². The fourth-order valence-electron chi connectivity index (χ4n) is 2.12. The first-order valence-corrected chi connectivity index (χ1v) is 6.35. The topological polar surface area (TPSA) is 72.8 Å². The molecule has 0 aliphatic carbocycles. The maximum Gasteiger partial charge on any atom is 0.405 e. The number of hydrogen-bond acceptors (Lipinski definition) is 4. The van der Waals surface area contributed by atoms with E-state index >= 15 is 0 Å². The van der Waals surface area contributed by atoms with Crippen molar-refractivity contribution in [3.05, 3.63) is 22.7 Å². The molecule has 1 atom stereocenters. The van der Waals surface area contributed by atoms with E-state index < -0.39 is 31.3 Å². The Morgan fingerprint density at radius 2 is 2.05 bits per heavy atom. The zero-order chi connectivity index (χ0) is 15.8. The monoisotopic (exact) mass is 324 g/mol. The van der Waals surface area contributed by atoms with E-state index in [-0.39, 0.29) is 28.5 Å². The normalized spacial score (nSPS) is 17.6. The van der Waals surface area contributed by atoms with Gasteiger partial charge in [-0.3, -0.25) is 4.79 Å². The van der Waals surface area contributed by atoms with Crippen LogP contribution >= 0.6 is 11.6 Å². The first-order chi connectivity index (χ1) is 9.73. The number of carbonyl (C=O) groups is 1. The maximum atomic E-state index is 12.6. The second-order valence-electron chi connectivity index (χ2n) is 4.54. The first-order valence-electron chi connectivity index (χ1n) is 5.98. The standard InChI is InChI=1S/C12H12ClF3N2O3/c13-7-3-6-8(17-11(21)10(6)20)4-9(7)18(1-2-19)5-12(14,15)16/h3-4,10,19-20H,1-2,5H2,(H,17,21). The van der Waals surface area contributed by atoms with Gasteiger partial charge >= 0.3 is 6.18 Å². The van der Waals surface area contributed by atoms with Gasteiger partial charge in [-0.15, -0.1) is 0 Å². The van der Waals surface area contributed by atoms with E-state index in [2.05, 4.69) is 5.32 Å². The number of alkyl halides is 3. The lowest BCUT2D eigenvalue weighted by molar-refractivity contribution is -0.123. The Labute approximate surface area is 122 Å². The largest absolute Gasteiger partial charge is 0.405 e. The molecule has 1 heterocycles. The molecule has 0 aromatic heterocycles. The Morgan fingerprint density at radius 1 is 1.38 bits per heavy atom. The van der Waals surface area contributed by atoms with Crippen molar-refractivity contribution in [2.24, 2.45) is 0 Å². The van der Waals surface area contributed by atoms with E-state index in [9.17, 15) is 23.1 Å². The van der Waals surface area contributed by atoms with Gasteiger partial charge in [-0.25, -0.2) is 0 Å². The minimum absolute atomic E-state index is 0.0243. The van der Waals surface area contributed by atoms with Gasteiger partial charge in [0.25, 0.3) is 5.91 Å². The van der Waals surface area contributed by atoms with Crippen LogP contribution in [0, 0.1) is 0 Å². The molecule has 0 bridgehead atoms. The van der Waals surface area contributed by atoms with E-state index in [1.807, 2.05) is 0 Å². The Kier molecular flexibility index (Phi) is 4.31. The second-order valence-corrected chi connectivity index (χ2v) is 4.95. The van der Waals surface area contributed by atoms with Gasteiger partial charge < -0.3 is 20.4 Å². The highest BCUT2D eigenvalue weighted by Gasteiger charge is 2.34. The highest BCUT2D eigenvalue weighted by atomic mass is 35.5. The first kappa shape index (κ1) is 15.9. The number of aliphatic hydroxyl groups excluding tert-OH is 2. The lowest BCUT2D eigenvalue weighted by atomic mass is 10.1. The molecule has 1 aromatic carbocycles. The Balaban J connectivity index is 2.38. The molecular formula is C12H12ClF3N2O3. The van der Waals surface area contributed by atoms with Crippen LogP contribution in [0.5, 0.6) is 0 Å². The molecule has 116 valence electrons. The zero-order valence-corrected chi connectivity index (χ0v) is 11.4. The van der Waals surface area contributed by atoms with Crippen LogP contribution in [-0.2, 0) is 4.79 Å². The third-order valence-electron chi connectivity index (χ3n) is 3.00. The minimum Gasteiger partial charge on any atom is -0.395 e. The van der Waals surface area contributed by atoms with Crippen LogP contribution in [-0.4, -0.2) is 42.0 Å². The van der Waals surface area contributed by atoms with Gasteiger partial charge in [0.05, 0.1) is 17.3 Å². The van der Waals surface area contributed by atoms with E-state index in [4.69, 9.17) is 16.7 Å². The number of benzene rings is 1. The third kappa shape index (κ3) is 3.39. The van der Waals surface area contributed by atoms with Gasteiger partial charge in [0.15, 0.2) is 6.10 Å². The van der Waals surface area contributed by atoms with Crippen molar-refractivity contribution in [3.63, 3.8) is 0 Å². The summed E-state index contributed by atoms with van der Waals surface area (Å²) in [4.78, 5) is 12.2. The van der Waals surface area contributed by atoms with Gasteiger partial charge in [-0.05, 0) is 12.1 Å². The third-order valence-corrected chi connectivity index (χ3v) is 3.30. The van der Waals surface area contributed by atoms with Crippen molar-refractivity contribution in [1.29, 1.82) is 0 Å². The molecule has 2 rings (SSSR count). The number of aliphatic hydroxyl groups is 2. The lowest BCUT2D eigenvalue weighted by Crippen LogP contribution is -2.36. The van der Waals surface area contributed by atoms with E-state index in [0.29, 0.717) is 0 Å². The van der Waals surface area contributed by atoms with E-state index in [0.717, 1.165) is 4.90 Å². The quantitative estimate of drug-likeness (QED) is 0.788. The van der Waals surface area contributed by atoms with Crippen LogP contribution in [0.2, 0.25) is 5.02 Å². The molecule has 1 aliphatic heterocycles. The molecule has 0 fully saturated rings. The van der Waals surface area contributed by atoms with E-state index in [1.54, 1.807) is 0 Å². The SMILES string of the molecule is O=C1Nc2cc(N(CCO)CC(F)(F)F)c(Cl)cc2C1O. The number of nitrogens with zero attached hydrogens (tertiary/aromatic N) is 1. The molecule has 1 aromatic rings. The number of anilines is 2. The van der Waals surface area contributed by atoms with Gasteiger partial charge in [0, 0.05) is 17.8 Å². The molecule has 9 heteroatoms. The summed E-state index contributed by atoms with van der Waals surface area (Å²) in [6.07, 6.45) is -5.86. The number of halogens is 4. The van der Waals surface area contributed by atoms with Crippen LogP contribution in [0.1, 0.15) is 11.7 Å². The molecule has 0 radical (unpaired) electrons. The highest BCUT2D eigenvalue weighted by molar-refractivity contribution is 6.33. The summed E-state index contributed by atoms with van der Waals surface area (Å²) >= 11 is 5.94. The molecule has 3 N–H and O–H groups in total. The summed E-state index contributed by atoms with van der Waals surface area (Å²) in [5.74, 6) is -0.664. The van der Waals surface area contributed by atoms with Gasteiger partial charge in [-0.1, -0.05) is 11.6 Å². The van der Waals surface area contributed by atoms with Gasteiger partial charge in [0.1, 0.15) is 6.54 Å². The number of hydrogen-bond donors (Lipinski definition) is 3. The summed E-state index contributed by atoms with van der Waals surface area (Å²) in [6, 6.07) is 2.50. The van der Waals surface area contributed by atoms with Crippen molar-refractivity contribution in [1.82, 2.24) is 0 Å². The molecule has 0 spiro atoms. The predicted molar refractivity (Wildman–Crippen MR) is 70.4 cm³/mol. The molecule has 21 heavy (non-hydrogen) atoms. The van der Waals surface area contributed by atoms with Crippen molar-refractivity contribution in [3.8, 4) is 0 Å². The fourth-order valence-corrected chi connectivity index (χ4v) is 2.41. The smallest absolute Gasteiger partial charge is 0.395 e. The summed E-state index contributed by atoms with van der Waals surface area (Å²) in [5.41, 5.74) is 0.443. The highest BCUT2D eigenvalue weighted by Crippen LogP contribution is 2.39. The van der Waals surface area contributed by atoms with Crippen molar-refractivity contribution in [2.45, 2.75) is 12.3 Å². The number of carbonyl (C=O) groups excluding carboxylic acids is 1. The average molecular weight is 325 g/mol. The molecule has 1 amide bonds. The van der Waals surface area contributed by atoms with Crippen LogP contribution in [0.4, 0.5) is 24.5 Å². The van der Waals surface area contributed by atoms with Crippen LogP contribution in [0.15, 0.2) is 12.1 Å². The van der Waals surface area contributed by atoms with Crippen LogP contribution < -0.4 is 10.2 Å². The molecule has 1 aliphatic rings. The van der Waals surface area contributed by atoms with Crippen molar-refractivity contribution in [2.75, 3.05) is 29.9 Å². The molecular weight excluding hydrogens is 313 g/mol. The summed E-state index contributed by atoms with van der Waals surface area (Å²) in [5, 5.41) is 20.8. The Bertz CT molecular complexity index is 565. The van der Waals surface area contributed by atoms with E-state index in [1.165, 1.54) is 12.1 Å². The summed E-state index contributed by atoms with van der Waals surface area (Å²) < 4.78 is 37.7. The number of nitrogens with one attached hydrogen (secondary N) is 1. The van der Waals surface area contributed by atoms with Gasteiger partial charge in [-0.2, -0.15) is 13.2 Å². The van der Waals surface area contributed by atoms with Gasteiger partial charge in [0.2, 0.25) is 0 Å². The lowest BCUT2D eigenvalue weighted by Gasteiger charge is -2.26. The molecule has 1 unspecified atom stereocenters. The average Bonchev–Trinajstić information content (AvgIpc) is 2.63. The summed E-state index contributed by atoms with van der Waals surface area (Å²) in [6.45, 7) is -2.05. The Hall–Kier alpha value is -1.51. The predicted octanol–water partition coefficient (Wildman–Crippen LogP) is 1.69. The maximum absolute atomic E-state index is 12.6. The number of amides is 1. The van der Waals surface area contributed by atoms with Crippen molar-refractivity contribution < 1.29 is 28.2 Å². The number of rotatable bonds is 4. The minimum atomic E-state index is -4.47. The summed E-state index contributed by atoms with van der Waals surface area (Å²) in [7, 11) is 0. The molecule has 0 saturated heterocycles. The Morgan fingerprint density at radius 3 is 2.62 bits per heavy atom. The molecule has 5 nitrogen and oxygen atoms in total. The molecule has 0 saturated carbocycles. The fraction of sp³-hybridized carbons (Fsp3) is 0.417. The van der Waals surface area contributed by atoms with Crippen LogP contribution in [0.25, 0.3) is 0 Å². The second kappa shape index (κ2) is 5.70.